The first-order chi connectivity index (χ1) is 12.2. The molecule has 1 atom stereocenters. The maximum atomic E-state index is 2.66. The van der Waals surface area contributed by atoms with E-state index in [9.17, 15) is 0 Å². The Kier molecular flexibility index (Phi) is 6.77. The van der Waals surface area contributed by atoms with Gasteiger partial charge in [-0.25, -0.2) is 0 Å². The van der Waals surface area contributed by atoms with Crippen molar-refractivity contribution in [1.82, 2.24) is 0 Å². The summed E-state index contributed by atoms with van der Waals surface area (Å²) < 4.78 is 0. The van der Waals surface area contributed by atoms with Crippen LogP contribution >= 0.6 is 0 Å². The zero-order valence-corrected chi connectivity index (χ0v) is 19.6. The van der Waals surface area contributed by atoms with Gasteiger partial charge in [0, 0.05) is 5.04 Å². The number of aryl methyl sites for hydroxylation is 2. The minimum Gasteiger partial charge on any atom is -0.0737 e. The van der Waals surface area contributed by atoms with Gasteiger partial charge in [-0.1, -0.05) is 110 Å². The van der Waals surface area contributed by atoms with Crippen LogP contribution in [0.25, 0.3) is 0 Å². The zero-order chi connectivity index (χ0) is 19.5. The Labute approximate surface area is 163 Å². The number of hydrogen-bond donors (Lipinski definition) is 0. The first-order valence-electron chi connectivity index (χ1n) is 10.7. The molecule has 26 heavy (non-hydrogen) atoms. The fourth-order valence-electron chi connectivity index (χ4n) is 5.27. The van der Waals surface area contributed by atoms with Gasteiger partial charge in [0.25, 0.3) is 0 Å². The first kappa shape index (κ1) is 21.2. The maximum Gasteiger partial charge on any atom is 0.101 e. The predicted octanol–water partition coefficient (Wildman–Crippen LogP) is 7.62. The van der Waals surface area contributed by atoms with Crippen molar-refractivity contribution in [2.24, 2.45) is 0 Å². The number of hydrogen-bond acceptors (Lipinski definition) is 0. The summed E-state index contributed by atoms with van der Waals surface area (Å²) >= 11 is 0. The Hall–Kier alpha value is -1.08. The Morgan fingerprint density at radius 2 is 1.31 bits per heavy atom. The number of benzene rings is 1. The molecule has 0 saturated heterocycles. The van der Waals surface area contributed by atoms with Crippen LogP contribution in [-0.4, -0.2) is 8.07 Å². The van der Waals surface area contributed by atoms with Crippen molar-refractivity contribution in [3.05, 3.63) is 52.1 Å². The zero-order valence-electron chi connectivity index (χ0n) is 18.6. The summed E-state index contributed by atoms with van der Waals surface area (Å²) in [6, 6.07) is 10.3. The average molecular weight is 369 g/mol. The molecule has 1 aliphatic rings. The molecule has 0 saturated carbocycles. The van der Waals surface area contributed by atoms with Crippen LogP contribution in [0.2, 0.25) is 17.1 Å². The van der Waals surface area contributed by atoms with Crippen LogP contribution in [-0.2, 0) is 0 Å². The van der Waals surface area contributed by atoms with Crippen LogP contribution < -0.4 is 5.19 Å². The molecule has 1 aromatic carbocycles. The Morgan fingerprint density at radius 3 is 1.69 bits per heavy atom. The number of rotatable bonds is 8. The molecule has 0 heterocycles. The molecule has 1 aromatic rings. The molecular weight excluding hydrogens is 328 g/mol. The van der Waals surface area contributed by atoms with Gasteiger partial charge >= 0.3 is 0 Å². The third-order valence-electron chi connectivity index (χ3n) is 7.12. The third-order valence-corrected chi connectivity index (χ3v) is 13.4. The van der Waals surface area contributed by atoms with E-state index >= 15 is 0 Å². The van der Waals surface area contributed by atoms with Gasteiger partial charge in [0.1, 0.15) is 8.07 Å². The van der Waals surface area contributed by atoms with Gasteiger partial charge in [-0.15, -0.1) is 0 Å². The molecule has 0 amide bonds. The molecule has 0 radical (unpaired) electrons. The molecule has 1 aliphatic carbocycles. The van der Waals surface area contributed by atoms with Gasteiger partial charge in [-0.3, -0.25) is 0 Å². The van der Waals surface area contributed by atoms with E-state index in [1.165, 1.54) is 54.5 Å². The van der Waals surface area contributed by atoms with Gasteiger partial charge in [-0.2, -0.15) is 0 Å². The summed E-state index contributed by atoms with van der Waals surface area (Å²) in [6.45, 7) is 18.9. The Bertz CT molecular complexity index is 679. The second kappa shape index (κ2) is 8.29. The second-order valence-electron chi connectivity index (χ2n) is 8.95. The molecule has 0 fully saturated rings. The molecule has 0 bridgehead atoms. The monoisotopic (exact) mass is 368 g/mol. The Balaban J connectivity index is 2.75. The van der Waals surface area contributed by atoms with E-state index in [0.717, 1.165) is 0 Å². The van der Waals surface area contributed by atoms with Crippen molar-refractivity contribution in [3.63, 3.8) is 0 Å². The largest absolute Gasteiger partial charge is 0.101 e. The van der Waals surface area contributed by atoms with Gasteiger partial charge in [-0.05, 0) is 40.2 Å². The summed E-state index contributed by atoms with van der Waals surface area (Å²) in [5, 5.41) is 1.96. The second-order valence-corrected chi connectivity index (χ2v) is 13.7. The summed E-state index contributed by atoms with van der Waals surface area (Å²) in [5.74, 6) is 0. The van der Waals surface area contributed by atoms with Crippen molar-refractivity contribution >= 4 is 13.3 Å². The molecule has 0 aliphatic heterocycles. The molecule has 1 heteroatoms. The van der Waals surface area contributed by atoms with Crippen molar-refractivity contribution in [2.75, 3.05) is 0 Å². The fourth-order valence-corrected chi connectivity index (χ4v) is 12.1. The molecule has 144 valence electrons. The van der Waals surface area contributed by atoms with E-state index in [4.69, 9.17) is 0 Å². The molecule has 0 spiro atoms. The lowest BCUT2D eigenvalue weighted by molar-refractivity contribution is 0.763. The minimum absolute atomic E-state index is 0.256. The SMILES string of the molecule is CCCC[Si](CCCC)(c1cc(C)cc(C)c1)C1(C)C=C(C)C(C)=C1C. The van der Waals surface area contributed by atoms with E-state index in [0.29, 0.717) is 0 Å². The van der Waals surface area contributed by atoms with Gasteiger partial charge < -0.3 is 0 Å². The maximum absolute atomic E-state index is 2.66. The Morgan fingerprint density at radius 1 is 0.808 bits per heavy atom. The van der Waals surface area contributed by atoms with E-state index in [2.05, 4.69) is 79.7 Å². The average Bonchev–Trinajstić information content (AvgIpc) is 2.78. The smallest absolute Gasteiger partial charge is 0.0737 e. The molecule has 0 nitrogen and oxygen atoms in total. The van der Waals surface area contributed by atoms with Gasteiger partial charge in [0.2, 0.25) is 0 Å². The fraction of sp³-hybridized carbons (Fsp3) is 0.600. The highest BCUT2D eigenvalue weighted by atomic mass is 28.3. The van der Waals surface area contributed by atoms with E-state index < -0.39 is 8.07 Å². The van der Waals surface area contributed by atoms with Crippen LogP contribution in [0.15, 0.2) is 41.0 Å². The highest BCUT2D eigenvalue weighted by molar-refractivity contribution is 6.95. The normalized spacial score (nSPS) is 20.7. The molecule has 0 N–H and O–H groups in total. The lowest BCUT2D eigenvalue weighted by Crippen LogP contribution is -2.56. The van der Waals surface area contributed by atoms with Gasteiger partial charge in [0.05, 0.1) is 0 Å². The van der Waals surface area contributed by atoms with Crippen molar-refractivity contribution < 1.29 is 0 Å². The predicted molar refractivity (Wildman–Crippen MR) is 121 cm³/mol. The topological polar surface area (TPSA) is 0 Å². The van der Waals surface area contributed by atoms with E-state index in [-0.39, 0.29) is 5.04 Å². The third kappa shape index (κ3) is 3.65. The van der Waals surface area contributed by atoms with Crippen molar-refractivity contribution in [2.45, 2.75) is 98.2 Å². The van der Waals surface area contributed by atoms with Crippen molar-refractivity contribution in [3.8, 4) is 0 Å². The highest BCUT2D eigenvalue weighted by Crippen LogP contribution is 2.56. The van der Waals surface area contributed by atoms with Crippen LogP contribution in [0.4, 0.5) is 0 Å². The summed E-state index contributed by atoms with van der Waals surface area (Å²) in [6.07, 6.45) is 7.97. The standard InChI is InChI=1S/C25H40Si/c1-9-11-13-26(14-12-10-2,24-16-19(3)15-20(4)17-24)25(8)18-21(5)22(6)23(25)7/h15-18H,9-14H2,1-8H3. The first-order valence-corrected chi connectivity index (χ1v) is 13.1. The van der Waals surface area contributed by atoms with Crippen LogP contribution in [0.3, 0.4) is 0 Å². The van der Waals surface area contributed by atoms with Gasteiger partial charge in [0.15, 0.2) is 0 Å². The lowest BCUT2D eigenvalue weighted by atomic mass is 10.0. The number of allylic oxidation sites excluding steroid dienone is 4. The molecule has 2 rings (SSSR count). The van der Waals surface area contributed by atoms with Crippen LogP contribution in [0.1, 0.15) is 78.4 Å². The molecule has 1 unspecified atom stereocenters. The minimum atomic E-state index is -1.75. The van der Waals surface area contributed by atoms with E-state index in [1.54, 1.807) is 16.3 Å². The highest BCUT2D eigenvalue weighted by Gasteiger charge is 2.52. The summed E-state index contributed by atoms with van der Waals surface area (Å²) in [4.78, 5) is 0. The number of unbranched alkanes of at least 4 members (excludes halogenated alkanes) is 2. The quantitative estimate of drug-likeness (QED) is 0.414. The molecular formula is C25H40Si. The van der Waals surface area contributed by atoms with Crippen LogP contribution in [0.5, 0.6) is 0 Å². The molecule has 0 aromatic heterocycles. The van der Waals surface area contributed by atoms with Crippen molar-refractivity contribution in [1.29, 1.82) is 0 Å². The lowest BCUT2D eigenvalue weighted by Gasteiger charge is -2.47. The summed E-state index contributed by atoms with van der Waals surface area (Å²) in [5.41, 5.74) is 7.57. The summed E-state index contributed by atoms with van der Waals surface area (Å²) in [7, 11) is -1.75. The van der Waals surface area contributed by atoms with E-state index in [1.807, 2.05) is 0 Å². The van der Waals surface area contributed by atoms with Crippen LogP contribution in [0, 0.1) is 13.8 Å².